The Morgan fingerprint density at radius 3 is 2.40 bits per heavy atom. The van der Waals surface area contributed by atoms with Crippen molar-refractivity contribution in [2.75, 3.05) is 0 Å². The fraction of sp³-hybridized carbons (Fsp3) is 0.963. The summed E-state index contributed by atoms with van der Waals surface area (Å²) in [6, 6.07) is 0. The molecular weight excluding hydrogens is 372 g/mol. The van der Waals surface area contributed by atoms with Crippen molar-refractivity contribution in [3.8, 4) is 0 Å². The van der Waals surface area contributed by atoms with E-state index in [2.05, 4.69) is 34.6 Å². The van der Waals surface area contributed by atoms with E-state index >= 15 is 0 Å². The number of fused-ring (bicyclic) bond motifs is 5. The van der Waals surface area contributed by atoms with Crippen LogP contribution in [0.5, 0.6) is 0 Å². The molecule has 10 atom stereocenters. The van der Waals surface area contributed by atoms with Crippen molar-refractivity contribution in [3.63, 3.8) is 0 Å². The standard InChI is InChI=1S/C27H46O3/c1-16(2)23(29)9-6-17(3)20-7-8-21-25-22(11-13-27(20,21)5)26(4)12-10-19(28)14-18(26)15-24(25)30/h16-18,20-25,29-30H,6-15H2,1-5H3/t17-,18-,20-,21+,22+,23?,24-,25+,26+,27-/m1/s1. The highest BCUT2D eigenvalue weighted by molar-refractivity contribution is 5.79. The minimum Gasteiger partial charge on any atom is -0.393 e. The monoisotopic (exact) mass is 418 g/mol. The molecule has 0 aromatic carbocycles. The summed E-state index contributed by atoms with van der Waals surface area (Å²) in [5, 5.41) is 21.6. The Labute approximate surface area is 184 Å². The molecule has 4 aliphatic carbocycles. The van der Waals surface area contributed by atoms with Crippen LogP contribution in [-0.2, 0) is 4.79 Å². The summed E-state index contributed by atoms with van der Waals surface area (Å²) < 4.78 is 0. The van der Waals surface area contributed by atoms with Crippen molar-refractivity contribution in [2.24, 2.45) is 52.3 Å². The third kappa shape index (κ3) is 3.60. The van der Waals surface area contributed by atoms with E-state index in [0.29, 0.717) is 59.0 Å². The summed E-state index contributed by atoms with van der Waals surface area (Å²) in [7, 11) is 0. The second-order valence-electron chi connectivity index (χ2n) is 12.6. The van der Waals surface area contributed by atoms with Gasteiger partial charge in [0, 0.05) is 12.8 Å². The van der Waals surface area contributed by atoms with Crippen LogP contribution in [0.2, 0.25) is 0 Å². The molecule has 172 valence electrons. The molecule has 0 heterocycles. The molecule has 0 radical (unpaired) electrons. The van der Waals surface area contributed by atoms with E-state index in [1.165, 1.54) is 25.7 Å². The van der Waals surface area contributed by atoms with Gasteiger partial charge in [-0.2, -0.15) is 0 Å². The van der Waals surface area contributed by atoms with Gasteiger partial charge in [0.15, 0.2) is 0 Å². The van der Waals surface area contributed by atoms with Crippen LogP contribution in [-0.4, -0.2) is 28.2 Å². The molecule has 3 nitrogen and oxygen atoms in total. The molecule has 4 fully saturated rings. The molecule has 4 saturated carbocycles. The first-order valence-corrected chi connectivity index (χ1v) is 13.0. The second-order valence-corrected chi connectivity index (χ2v) is 12.6. The maximum atomic E-state index is 12.1. The van der Waals surface area contributed by atoms with Crippen LogP contribution in [0.4, 0.5) is 0 Å². The van der Waals surface area contributed by atoms with E-state index in [1.807, 2.05) is 0 Å². The number of hydrogen-bond donors (Lipinski definition) is 2. The van der Waals surface area contributed by atoms with Gasteiger partial charge in [-0.1, -0.05) is 34.6 Å². The van der Waals surface area contributed by atoms with Crippen LogP contribution in [0.25, 0.3) is 0 Å². The van der Waals surface area contributed by atoms with Crippen molar-refractivity contribution in [1.82, 2.24) is 0 Å². The van der Waals surface area contributed by atoms with E-state index in [0.717, 1.165) is 32.1 Å². The van der Waals surface area contributed by atoms with Gasteiger partial charge in [0.1, 0.15) is 5.78 Å². The fourth-order valence-corrected chi connectivity index (χ4v) is 8.96. The summed E-state index contributed by atoms with van der Waals surface area (Å²) in [6.07, 6.45) is 10.0. The van der Waals surface area contributed by atoms with Gasteiger partial charge < -0.3 is 10.2 Å². The van der Waals surface area contributed by atoms with Gasteiger partial charge in [0.05, 0.1) is 12.2 Å². The average molecular weight is 419 g/mol. The minimum atomic E-state index is -0.222. The lowest BCUT2D eigenvalue weighted by Gasteiger charge is -2.62. The van der Waals surface area contributed by atoms with Crippen LogP contribution in [0.1, 0.15) is 98.8 Å². The molecule has 3 heteroatoms. The SMILES string of the molecule is CC(C)C(O)CC[C@@H](C)[C@H]1CC[C@H]2[C@@H]3[C@H](O)C[C@H]4CC(=O)CC[C@]4(C)[C@H]3CC[C@]12C. The number of Topliss-reactive ketones (excluding diaryl/α,β-unsaturated/α-hetero) is 1. The van der Waals surface area contributed by atoms with Crippen LogP contribution in [0.3, 0.4) is 0 Å². The van der Waals surface area contributed by atoms with Gasteiger partial charge in [0.25, 0.3) is 0 Å². The summed E-state index contributed by atoms with van der Waals surface area (Å²) in [6.45, 7) is 11.6. The lowest BCUT2D eigenvalue weighted by molar-refractivity contribution is -0.169. The topological polar surface area (TPSA) is 57.5 Å². The third-order valence-corrected chi connectivity index (χ3v) is 10.9. The Morgan fingerprint density at radius 2 is 1.70 bits per heavy atom. The number of rotatable bonds is 5. The van der Waals surface area contributed by atoms with Crippen LogP contribution in [0.15, 0.2) is 0 Å². The number of hydrogen-bond acceptors (Lipinski definition) is 3. The zero-order valence-corrected chi connectivity index (χ0v) is 20.1. The Hall–Kier alpha value is -0.410. The number of carbonyl (C=O) groups is 1. The maximum absolute atomic E-state index is 12.1. The number of aliphatic hydroxyl groups is 2. The summed E-state index contributed by atoms with van der Waals surface area (Å²) in [5.41, 5.74) is 0.586. The minimum absolute atomic E-state index is 0.181. The molecular formula is C27H46O3. The van der Waals surface area contributed by atoms with E-state index in [1.54, 1.807) is 0 Å². The zero-order chi connectivity index (χ0) is 21.8. The van der Waals surface area contributed by atoms with Crippen LogP contribution >= 0.6 is 0 Å². The van der Waals surface area contributed by atoms with Crippen molar-refractivity contribution in [2.45, 2.75) is 111 Å². The molecule has 0 aliphatic heterocycles. The smallest absolute Gasteiger partial charge is 0.133 e. The van der Waals surface area contributed by atoms with Crippen molar-refractivity contribution in [1.29, 1.82) is 0 Å². The first-order chi connectivity index (χ1) is 14.1. The molecule has 0 saturated heterocycles. The first kappa shape index (κ1) is 22.8. The Kier molecular flexibility index (Phi) is 6.21. The Morgan fingerprint density at radius 1 is 1.00 bits per heavy atom. The van der Waals surface area contributed by atoms with E-state index in [-0.39, 0.29) is 17.6 Å². The van der Waals surface area contributed by atoms with Crippen molar-refractivity contribution in [3.05, 3.63) is 0 Å². The van der Waals surface area contributed by atoms with Gasteiger partial charge >= 0.3 is 0 Å². The molecule has 0 spiro atoms. The highest BCUT2D eigenvalue weighted by Crippen LogP contribution is 2.68. The van der Waals surface area contributed by atoms with E-state index in [9.17, 15) is 15.0 Å². The quantitative estimate of drug-likeness (QED) is 0.609. The molecule has 0 amide bonds. The highest BCUT2D eigenvalue weighted by atomic mass is 16.3. The van der Waals surface area contributed by atoms with Crippen molar-refractivity contribution < 1.29 is 15.0 Å². The number of ketones is 1. The van der Waals surface area contributed by atoms with Gasteiger partial charge in [-0.15, -0.1) is 0 Å². The fourth-order valence-electron chi connectivity index (χ4n) is 8.96. The molecule has 1 unspecified atom stereocenters. The molecule has 4 rings (SSSR count). The molecule has 0 bridgehead atoms. The van der Waals surface area contributed by atoms with E-state index < -0.39 is 0 Å². The van der Waals surface area contributed by atoms with E-state index in [4.69, 9.17) is 0 Å². The lowest BCUT2D eigenvalue weighted by Crippen LogP contribution is -2.58. The normalized spacial score (nSPS) is 48.1. The first-order valence-electron chi connectivity index (χ1n) is 13.0. The second kappa shape index (κ2) is 8.18. The van der Waals surface area contributed by atoms with Gasteiger partial charge in [-0.05, 0) is 104 Å². The number of carbonyl (C=O) groups excluding carboxylic acids is 1. The predicted molar refractivity (Wildman–Crippen MR) is 121 cm³/mol. The molecule has 30 heavy (non-hydrogen) atoms. The lowest BCUT2D eigenvalue weighted by atomic mass is 9.44. The largest absolute Gasteiger partial charge is 0.393 e. The predicted octanol–water partition coefficient (Wildman–Crippen LogP) is 5.62. The Balaban J connectivity index is 1.51. The van der Waals surface area contributed by atoms with Gasteiger partial charge in [-0.3, -0.25) is 4.79 Å². The summed E-state index contributed by atoms with van der Waals surface area (Å²) >= 11 is 0. The number of aliphatic hydroxyl groups excluding tert-OH is 2. The maximum Gasteiger partial charge on any atom is 0.133 e. The van der Waals surface area contributed by atoms with Gasteiger partial charge in [0.2, 0.25) is 0 Å². The molecule has 2 N–H and O–H groups in total. The van der Waals surface area contributed by atoms with Crippen LogP contribution < -0.4 is 0 Å². The summed E-state index contributed by atoms with van der Waals surface area (Å²) in [5.74, 6) is 4.16. The molecule has 4 aliphatic rings. The average Bonchev–Trinajstić information content (AvgIpc) is 3.04. The zero-order valence-electron chi connectivity index (χ0n) is 20.1. The summed E-state index contributed by atoms with van der Waals surface area (Å²) in [4.78, 5) is 12.1. The van der Waals surface area contributed by atoms with Crippen molar-refractivity contribution >= 4 is 5.78 Å². The van der Waals surface area contributed by atoms with Crippen LogP contribution in [0, 0.1) is 52.3 Å². The van der Waals surface area contributed by atoms with Gasteiger partial charge in [-0.25, -0.2) is 0 Å². The molecule has 0 aromatic heterocycles. The highest BCUT2D eigenvalue weighted by Gasteiger charge is 2.62. The molecule has 0 aromatic rings. The third-order valence-electron chi connectivity index (χ3n) is 10.9. The Bertz CT molecular complexity index is 644.